The second-order valence-electron chi connectivity index (χ2n) is 6.01. The molecule has 2 rings (SSSR count). The minimum absolute atomic E-state index is 0.0420. The van der Waals surface area contributed by atoms with Crippen molar-refractivity contribution >= 4 is 23.8 Å². The largest absolute Gasteiger partial charge is 0.480 e. The molecule has 1 saturated carbocycles. The standard InChI is InChI=1S/C14H24N2O3S/c1-9(2)12-16(11(8-20-12)13(17)18)14(19)15-10-6-4-3-5-7-10/h9-12H,3-8H2,1-2H3,(H,15,19)(H,17,18). The van der Waals surface area contributed by atoms with Crippen LogP contribution in [0.25, 0.3) is 0 Å². The maximum Gasteiger partial charge on any atom is 0.327 e. The van der Waals surface area contributed by atoms with Crippen LogP contribution in [0.3, 0.4) is 0 Å². The summed E-state index contributed by atoms with van der Waals surface area (Å²) >= 11 is 1.57. The molecule has 1 aliphatic carbocycles. The molecule has 1 aliphatic heterocycles. The zero-order valence-corrected chi connectivity index (χ0v) is 13.0. The number of carboxylic acid groups (broad SMARTS) is 1. The minimum atomic E-state index is -0.903. The van der Waals surface area contributed by atoms with Gasteiger partial charge in [0.2, 0.25) is 0 Å². The molecule has 0 bridgehead atoms. The van der Waals surface area contributed by atoms with Gasteiger partial charge in [0.15, 0.2) is 0 Å². The number of aliphatic carboxylic acids is 1. The first-order valence-electron chi connectivity index (χ1n) is 7.44. The lowest BCUT2D eigenvalue weighted by atomic mass is 9.96. The molecule has 0 aromatic heterocycles. The lowest BCUT2D eigenvalue weighted by Gasteiger charge is -2.32. The van der Waals surface area contributed by atoms with Gasteiger partial charge in [0, 0.05) is 11.8 Å². The Kier molecular flexibility index (Phi) is 5.18. The summed E-state index contributed by atoms with van der Waals surface area (Å²) in [6.07, 6.45) is 5.55. The highest BCUT2D eigenvalue weighted by Crippen LogP contribution is 2.34. The summed E-state index contributed by atoms with van der Waals surface area (Å²) in [4.78, 5) is 25.4. The van der Waals surface area contributed by atoms with E-state index in [0.29, 0.717) is 5.75 Å². The summed E-state index contributed by atoms with van der Waals surface area (Å²) in [7, 11) is 0. The van der Waals surface area contributed by atoms with Crippen molar-refractivity contribution < 1.29 is 14.7 Å². The highest BCUT2D eigenvalue weighted by atomic mass is 32.2. The monoisotopic (exact) mass is 300 g/mol. The van der Waals surface area contributed by atoms with Crippen molar-refractivity contribution in [2.24, 2.45) is 5.92 Å². The molecule has 1 heterocycles. The van der Waals surface area contributed by atoms with E-state index in [2.05, 4.69) is 5.32 Å². The van der Waals surface area contributed by atoms with Crippen LogP contribution < -0.4 is 5.32 Å². The molecule has 2 fully saturated rings. The van der Waals surface area contributed by atoms with Crippen LogP contribution in [0.5, 0.6) is 0 Å². The van der Waals surface area contributed by atoms with Crippen molar-refractivity contribution in [2.75, 3.05) is 5.75 Å². The Hall–Kier alpha value is -0.910. The van der Waals surface area contributed by atoms with Gasteiger partial charge in [-0.3, -0.25) is 4.90 Å². The molecule has 5 nitrogen and oxygen atoms in total. The number of amides is 2. The first-order chi connectivity index (χ1) is 9.50. The summed E-state index contributed by atoms with van der Waals surface area (Å²) < 4.78 is 0. The van der Waals surface area contributed by atoms with Crippen LogP contribution in [-0.4, -0.2) is 45.2 Å². The summed E-state index contributed by atoms with van der Waals surface area (Å²) in [5, 5.41) is 12.3. The Labute approximate surface area is 124 Å². The number of hydrogen-bond donors (Lipinski definition) is 2. The number of carboxylic acids is 1. The van der Waals surface area contributed by atoms with Gasteiger partial charge in [-0.15, -0.1) is 11.8 Å². The summed E-state index contributed by atoms with van der Waals surface area (Å²) in [5.41, 5.74) is 0. The van der Waals surface area contributed by atoms with Gasteiger partial charge < -0.3 is 10.4 Å². The minimum Gasteiger partial charge on any atom is -0.480 e. The van der Waals surface area contributed by atoms with E-state index < -0.39 is 12.0 Å². The normalized spacial score (nSPS) is 27.9. The first-order valence-corrected chi connectivity index (χ1v) is 8.49. The number of nitrogens with zero attached hydrogens (tertiary/aromatic N) is 1. The van der Waals surface area contributed by atoms with Crippen LogP contribution in [0.4, 0.5) is 4.79 Å². The van der Waals surface area contributed by atoms with Crippen LogP contribution in [0, 0.1) is 5.92 Å². The third kappa shape index (κ3) is 3.40. The highest BCUT2D eigenvalue weighted by Gasteiger charge is 2.43. The maximum atomic E-state index is 12.5. The second-order valence-corrected chi connectivity index (χ2v) is 7.16. The molecule has 0 aromatic rings. The van der Waals surface area contributed by atoms with Crippen molar-refractivity contribution in [1.29, 1.82) is 0 Å². The molecule has 2 atom stereocenters. The zero-order chi connectivity index (χ0) is 14.7. The Morgan fingerprint density at radius 3 is 2.45 bits per heavy atom. The number of carbonyl (C=O) groups excluding carboxylic acids is 1. The molecule has 20 heavy (non-hydrogen) atoms. The van der Waals surface area contributed by atoms with Gasteiger partial charge >= 0.3 is 12.0 Å². The van der Waals surface area contributed by atoms with Crippen LogP contribution >= 0.6 is 11.8 Å². The highest BCUT2D eigenvalue weighted by molar-refractivity contribution is 8.00. The molecule has 2 unspecified atom stereocenters. The van der Waals surface area contributed by atoms with E-state index in [-0.39, 0.29) is 23.4 Å². The average molecular weight is 300 g/mol. The fraction of sp³-hybridized carbons (Fsp3) is 0.857. The quantitative estimate of drug-likeness (QED) is 0.840. The van der Waals surface area contributed by atoms with E-state index in [4.69, 9.17) is 0 Å². The van der Waals surface area contributed by atoms with Crippen molar-refractivity contribution in [3.8, 4) is 0 Å². The second kappa shape index (κ2) is 6.70. The van der Waals surface area contributed by atoms with Crippen LogP contribution in [0.2, 0.25) is 0 Å². The topological polar surface area (TPSA) is 69.6 Å². The fourth-order valence-corrected chi connectivity index (χ4v) is 4.46. The number of carbonyl (C=O) groups is 2. The Morgan fingerprint density at radius 2 is 1.90 bits per heavy atom. The number of thioether (sulfide) groups is 1. The molecule has 114 valence electrons. The molecule has 2 aliphatic rings. The third-order valence-electron chi connectivity index (χ3n) is 4.06. The summed E-state index contributed by atoms with van der Waals surface area (Å²) in [5.74, 6) is -0.170. The van der Waals surface area contributed by atoms with Gasteiger partial charge in [0.25, 0.3) is 0 Å². The molecule has 0 radical (unpaired) electrons. The van der Waals surface area contributed by atoms with Gasteiger partial charge in [-0.25, -0.2) is 9.59 Å². The smallest absolute Gasteiger partial charge is 0.327 e. The van der Waals surface area contributed by atoms with Crippen molar-refractivity contribution in [1.82, 2.24) is 10.2 Å². The summed E-state index contributed by atoms with van der Waals surface area (Å²) in [6, 6.07) is -0.687. The third-order valence-corrected chi connectivity index (χ3v) is 5.68. The molecule has 6 heteroatoms. The van der Waals surface area contributed by atoms with Crippen molar-refractivity contribution in [3.63, 3.8) is 0 Å². The molecule has 0 aromatic carbocycles. The van der Waals surface area contributed by atoms with E-state index in [1.807, 2.05) is 13.8 Å². The predicted octanol–water partition coefficient (Wildman–Crippen LogP) is 2.51. The number of nitrogens with one attached hydrogen (secondary N) is 1. The molecular formula is C14H24N2O3S. The van der Waals surface area contributed by atoms with E-state index in [0.717, 1.165) is 25.7 Å². The van der Waals surface area contributed by atoms with Gasteiger partial charge in [-0.1, -0.05) is 33.1 Å². The van der Waals surface area contributed by atoms with E-state index in [1.54, 1.807) is 16.7 Å². The number of urea groups is 1. The molecule has 0 spiro atoms. The first kappa shape index (κ1) is 15.5. The summed E-state index contributed by atoms with van der Waals surface area (Å²) in [6.45, 7) is 4.06. The maximum absolute atomic E-state index is 12.5. The molecule has 2 N–H and O–H groups in total. The molecular weight excluding hydrogens is 276 g/mol. The van der Waals surface area contributed by atoms with E-state index in [9.17, 15) is 14.7 Å². The van der Waals surface area contributed by atoms with Gasteiger partial charge in [0.05, 0.1) is 5.37 Å². The van der Waals surface area contributed by atoms with Crippen LogP contribution in [-0.2, 0) is 4.79 Å². The average Bonchev–Trinajstić information content (AvgIpc) is 2.84. The predicted molar refractivity (Wildman–Crippen MR) is 79.8 cm³/mol. The van der Waals surface area contributed by atoms with Gasteiger partial charge in [0.1, 0.15) is 6.04 Å². The van der Waals surface area contributed by atoms with Gasteiger partial charge in [-0.2, -0.15) is 0 Å². The lowest BCUT2D eigenvalue weighted by molar-refractivity contribution is -0.141. The lowest BCUT2D eigenvalue weighted by Crippen LogP contribution is -2.53. The van der Waals surface area contributed by atoms with E-state index in [1.165, 1.54) is 6.42 Å². The molecule has 2 amide bonds. The Balaban J connectivity index is 2.04. The van der Waals surface area contributed by atoms with Crippen LogP contribution in [0.1, 0.15) is 46.0 Å². The van der Waals surface area contributed by atoms with E-state index >= 15 is 0 Å². The van der Waals surface area contributed by atoms with Gasteiger partial charge in [-0.05, 0) is 18.8 Å². The van der Waals surface area contributed by atoms with Crippen molar-refractivity contribution in [3.05, 3.63) is 0 Å². The fourth-order valence-electron chi connectivity index (χ4n) is 2.98. The van der Waals surface area contributed by atoms with Crippen LogP contribution in [0.15, 0.2) is 0 Å². The Bertz CT molecular complexity index is 369. The zero-order valence-electron chi connectivity index (χ0n) is 12.2. The van der Waals surface area contributed by atoms with Crippen molar-refractivity contribution in [2.45, 2.75) is 63.4 Å². The SMILES string of the molecule is CC(C)C1SCC(C(=O)O)N1C(=O)NC1CCCCC1. The Morgan fingerprint density at radius 1 is 1.25 bits per heavy atom. The number of hydrogen-bond acceptors (Lipinski definition) is 3. The number of rotatable bonds is 3. The molecule has 1 saturated heterocycles.